The first-order chi connectivity index (χ1) is 53.2. The van der Waals surface area contributed by atoms with Crippen LogP contribution in [-0.4, -0.2) is 222 Å². The molecule has 30 nitrogen and oxygen atoms in total. The van der Waals surface area contributed by atoms with Gasteiger partial charge in [0.05, 0.1) is 102 Å². The molecule has 6 N–H and O–H groups in total. The van der Waals surface area contributed by atoms with Crippen LogP contribution in [0.25, 0.3) is 100 Å². The van der Waals surface area contributed by atoms with Crippen molar-refractivity contribution in [1.29, 1.82) is 0 Å². The number of anilines is 3. The van der Waals surface area contributed by atoms with Crippen LogP contribution in [0.5, 0.6) is 0 Å². The summed E-state index contributed by atoms with van der Waals surface area (Å²) in [5, 5.41) is 7.90. The number of H-pyrrole nitrogens is 3. The van der Waals surface area contributed by atoms with Gasteiger partial charge in [-0.3, -0.25) is 60.4 Å². The van der Waals surface area contributed by atoms with E-state index in [1.54, 1.807) is 77.9 Å². The Bertz CT molecular complexity index is 4990. The maximum Gasteiger partial charge on any atom is 0.413 e. The second-order valence-corrected chi connectivity index (χ2v) is 25.7. The zero-order valence-corrected chi connectivity index (χ0v) is 62.0. The van der Waals surface area contributed by atoms with Crippen molar-refractivity contribution in [1.82, 2.24) is 84.4 Å². The highest BCUT2D eigenvalue weighted by Gasteiger charge is 2.26. The van der Waals surface area contributed by atoms with E-state index in [1.807, 2.05) is 117 Å². The fraction of sp³-hybridized carbons (Fsp3) is 0.316. The molecule has 0 bridgehead atoms. The first-order valence-corrected chi connectivity index (χ1v) is 36.0. The highest BCUT2D eigenvalue weighted by Crippen LogP contribution is 2.37. The molecule has 2 fully saturated rings. The number of hydrogen-bond acceptors (Lipinski definition) is 23. The van der Waals surface area contributed by atoms with E-state index >= 15 is 0 Å². The Morgan fingerprint density at radius 1 is 0.505 bits per heavy atom. The molecule has 2 saturated heterocycles. The zero-order valence-electron chi connectivity index (χ0n) is 62.0. The summed E-state index contributed by atoms with van der Waals surface area (Å²) in [5.74, 6) is 1.56. The standard InChI is InChI=1S/C27H30N6O3.C26H31N7O4.C26H27N7O3/c1-3-36-27(34)32-26-30-24-14-19(13-22(25(24)31-26)23-8-4-5-11-28-23)18-9-10-20(29-15-18)16-33-12-6-7-21(33)17-35-2;1-4-37-26(34)32-25-30-22-15-19(14-21(23(22)31-25)24-27-8-5-9-28-24)18-6-7-20(29-16-18)17-33(10-12-35-2)11-13-36-3;1-3-36-26(35)31-25-29-22-13-18(12-20(24(22)30-25)21-6-4-5-9-27-21)17-7-8-19(28-14-17)15-33-11-10-32(2)23(34)16-33/h4-5,8-11,13-15,21H,3,6-7,12,16-17H2,1-2H3,(H2,30,31,32,34);5-9,14-16H,4,10-13,17H2,1-3H3,(H2,30,31,32,34);4-9,12-14H,3,10-11,15-16H2,1-2H3,(H2,29,30,31,35)/t21-;;/m0../s1. The Morgan fingerprint density at radius 2 is 0.963 bits per heavy atom. The van der Waals surface area contributed by atoms with Gasteiger partial charge in [-0.1, -0.05) is 30.3 Å². The lowest BCUT2D eigenvalue weighted by Gasteiger charge is -2.31. The predicted octanol–water partition coefficient (Wildman–Crippen LogP) is 12.1. The summed E-state index contributed by atoms with van der Waals surface area (Å²) in [6, 6.07) is 37.9. The van der Waals surface area contributed by atoms with Gasteiger partial charge in [-0.2, -0.15) is 0 Å². The Hall–Kier alpha value is -12.1. The molecule has 14 rings (SSSR count). The van der Waals surface area contributed by atoms with E-state index < -0.39 is 18.3 Å². The molecular formula is C79H88N20O10. The molecule has 12 aromatic rings. The minimum absolute atomic E-state index is 0.129. The predicted molar refractivity (Wildman–Crippen MR) is 415 cm³/mol. The number of hydrogen-bond donors (Lipinski definition) is 6. The summed E-state index contributed by atoms with van der Waals surface area (Å²) in [4.78, 5) is 112. The summed E-state index contributed by atoms with van der Waals surface area (Å²) < 4.78 is 30.8. The van der Waals surface area contributed by atoms with Gasteiger partial charge >= 0.3 is 18.3 Å². The number of amides is 4. The molecule has 0 saturated carbocycles. The number of nitrogens with one attached hydrogen (secondary N) is 6. The first kappa shape index (κ1) is 76.6. The number of imidazole rings is 3. The van der Waals surface area contributed by atoms with Crippen molar-refractivity contribution < 1.29 is 47.6 Å². The average molecular weight is 1480 g/mol. The third-order valence-corrected chi connectivity index (χ3v) is 18.2. The number of carbonyl (C=O) groups is 4. The molecule has 0 radical (unpaired) electrons. The Kier molecular flexibility index (Phi) is 26.3. The van der Waals surface area contributed by atoms with Crippen molar-refractivity contribution in [2.45, 2.75) is 59.3 Å². The molecule has 109 heavy (non-hydrogen) atoms. The molecule has 11 heterocycles. The van der Waals surface area contributed by atoms with Crippen LogP contribution in [0.1, 0.15) is 50.7 Å². The Morgan fingerprint density at radius 3 is 1.39 bits per heavy atom. The summed E-state index contributed by atoms with van der Waals surface area (Å²) in [6.07, 6.45) is 13.1. The quantitative estimate of drug-likeness (QED) is 0.0274. The molecule has 2 aliphatic heterocycles. The molecule has 4 amide bonds. The van der Waals surface area contributed by atoms with Crippen molar-refractivity contribution in [3.8, 4) is 67.3 Å². The largest absolute Gasteiger partial charge is 0.450 e. The van der Waals surface area contributed by atoms with E-state index in [4.69, 9.17) is 38.4 Å². The Labute approximate surface area is 629 Å². The number of carbonyl (C=O) groups excluding carboxylic acids is 4. The molecule has 0 unspecified atom stereocenters. The maximum absolute atomic E-state index is 12.0. The van der Waals surface area contributed by atoms with Gasteiger partial charge in [-0.15, -0.1) is 0 Å². The lowest BCUT2D eigenvalue weighted by atomic mass is 10.0. The Balaban J connectivity index is 0.000000152. The van der Waals surface area contributed by atoms with E-state index in [-0.39, 0.29) is 31.7 Å². The van der Waals surface area contributed by atoms with Crippen molar-refractivity contribution in [2.24, 2.45) is 0 Å². The van der Waals surface area contributed by atoms with Gasteiger partial charge in [0, 0.05) is 157 Å². The number of piperazine rings is 1. The van der Waals surface area contributed by atoms with Gasteiger partial charge in [-0.05, 0) is 142 Å². The molecular weight excluding hydrogens is 1390 g/mol. The molecule has 3 aromatic carbocycles. The van der Waals surface area contributed by atoms with Crippen LogP contribution in [0.3, 0.4) is 0 Å². The molecule has 0 aliphatic carbocycles. The molecule has 30 heteroatoms. The first-order valence-electron chi connectivity index (χ1n) is 36.0. The number of rotatable bonds is 26. The monoisotopic (exact) mass is 1480 g/mol. The fourth-order valence-electron chi connectivity index (χ4n) is 12.7. The van der Waals surface area contributed by atoms with E-state index in [9.17, 15) is 19.2 Å². The number of aromatic amines is 3. The third-order valence-electron chi connectivity index (χ3n) is 18.2. The van der Waals surface area contributed by atoms with Gasteiger partial charge in [0.1, 0.15) is 5.52 Å². The lowest BCUT2D eigenvalue weighted by Crippen LogP contribution is -2.48. The van der Waals surface area contributed by atoms with Crippen molar-refractivity contribution >= 4 is 75.1 Å². The number of methoxy groups -OCH3 is 3. The number of pyridine rings is 5. The minimum atomic E-state index is -0.580. The number of likely N-dealkylation sites (tertiary alicyclic amines) is 1. The summed E-state index contributed by atoms with van der Waals surface area (Å²) >= 11 is 0. The maximum atomic E-state index is 12.0. The number of fused-ring (bicyclic) bond motifs is 3. The van der Waals surface area contributed by atoms with Crippen LogP contribution in [0.4, 0.5) is 32.2 Å². The van der Waals surface area contributed by atoms with Gasteiger partial charge in [0.15, 0.2) is 5.82 Å². The second-order valence-electron chi connectivity index (χ2n) is 25.7. The molecule has 2 aliphatic rings. The van der Waals surface area contributed by atoms with Crippen molar-refractivity contribution in [3.63, 3.8) is 0 Å². The third kappa shape index (κ3) is 20.2. The van der Waals surface area contributed by atoms with Gasteiger partial charge < -0.3 is 48.3 Å². The number of aromatic nitrogens is 13. The van der Waals surface area contributed by atoms with Crippen LogP contribution >= 0.6 is 0 Å². The highest BCUT2D eigenvalue weighted by atomic mass is 16.6. The van der Waals surface area contributed by atoms with Crippen molar-refractivity contribution in [3.05, 3.63) is 176 Å². The fourth-order valence-corrected chi connectivity index (χ4v) is 12.7. The second kappa shape index (κ2) is 37.5. The van der Waals surface area contributed by atoms with Crippen LogP contribution in [-0.2, 0) is 52.8 Å². The summed E-state index contributed by atoms with van der Waals surface area (Å²) in [5.41, 5.74) is 16.8. The number of benzene rings is 3. The molecule has 0 spiro atoms. The highest BCUT2D eigenvalue weighted by molar-refractivity contribution is 6.00. The van der Waals surface area contributed by atoms with Crippen LogP contribution < -0.4 is 16.0 Å². The van der Waals surface area contributed by atoms with Gasteiger partial charge in [-0.25, -0.2) is 39.3 Å². The van der Waals surface area contributed by atoms with Crippen LogP contribution in [0, 0.1) is 0 Å². The number of likely N-dealkylation sites (N-methyl/N-ethyl adjacent to an activating group) is 1. The minimum Gasteiger partial charge on any atom is -0.450 e. The van der Waals surface area contributed by atoms with E-state index in [1.165, 1.54) is 12.8 Å². The van der Waals surface area contributed by atoms with E-state index in [2.05, 4.69) is 104 Å². The number of ether oxygens (including phenoxy) is 6. The molecule has 564 valence electrons. The average Bonchev–Trinajstić information content (AvgIpc) is 1.69. The van der Waals surface area contributed by atoms with Crippen molar-refractivity contribution in [2.75, 3.05) is 123 Å². The summed E-state index contributed by atoms with van der Waals surface area (Å²) in [6.45, 7) is 14.9. The number of nitrogens with zero attached hydrogens (tertiary/aromatic N) is 14. The normalized spacial score (nSPS) is 13.8. The lowest BCUT2D eigenvalue weighted by molar-refractivity contribution is -0.134. The topological polar surface area (TPSA) is 349 Å². The smallest absolute Gasteiger partial charge is 0.413 e. The van der Waals surface area contributed by atoms with E-state index in [0.29, 0.717) is 73.2 Å². The summed E-state index contributed by atoms with van der Waals surface area (Å²) in [7, 11) is 6.98. The zero-order chi connectivity index (χ0) is 76.0. The van der Waals surface area contributed by atoms with Gasteiger partial charge in [0.2, 0.25) is 23.8 Å². The van der Waals surface area contributed by atoms with Gasteiger partial charge in [0.25, 0.3) is 0 Å². The molecule has 1 atom stereocenters. The van der Waals surface area contributed by atoms with Crippen LogP contribution in [0.2, 0.25) is 0 Å². The van der Waals surface area contributed by atoms with E-state index in [0.717, 1.165) is 141 Å². The SMILES string of the molecule is CCOC(=O)Nc1nc2c(-c3ccccn3)cc(-c3ccc(CN4CCC[C@H]4COC)nc3)cc2[nH]1.CCOC(=O)Nc1nc2c(-c3ccccn3)cc(-c3ccc(CN4CCN(C)C(=O)C4)nc3)cc2[nH]1.CCOC(=O)Nc1nc2c(-c3ncccn3)cc(-c3ccc(CN(CCOC)CCOC)nc3)cc2[nH]1. The van der Waals surface area contributed by atoms with Crippen LogP contribution in [0.15, 0.2) is 159 Å². The molecule has 9 aromatic heterocycles.